The number of hydrogen-bond acceptors (Lipinski definition) is 4. The van der Waals surface area contributed by atoms with Crippen molar-refractivity contribution in [1.29, 1.82) is 0 Å². The maximum atomic E-state index is 13.2. The number of carbonyl (C=O) groups excluding carboxylic acids is 1. The van der Waals surface area contributed by atoms with Crippen LogP contribution in [0, 0.1) is 12.8 Å². The minimum atomic E-state index is -3.65. The monoisotopic (exact) mass is 503 g/mol. The minimum Gasteiger partial charge on any atom is -0.355 e. The molecule has 0 saturated carbocycles. The van der Waals surface area contributed by atoms with Crippen LogP contribution in [0.2, 0.25) is 0 Å². The molecular formula is C29H33N3O3S. The quantitative estimate of drug-likeness (QED) is 0.482. The van der Waals surface area contributed by atoms with Crippen LogP contribution in [0.25, 0.3) is 0 Å². The van der Waals surface area contributed by atoms with Crippen LogP contribution in [0.5, 0.6) is 0 Å². The Morgan fingerprint density at radius 3 is 2.14 bits per heavy atom. The van der Waals surface area contributed by atoms with E-state index < -0.39 is 10.0 Å². The summed E-state index contributed by atoms with van der Waals surface area (Å²) in [6.45, 7) is 3.47. The van der Waals surface area contributed by atoms with Crippen molar-refractivity contribution in [2.75, 3.05) is 19.6 Å². The van der Waals surface area contributed by atoms with Gasteiger partial charge in [0.1, 0.15) is 0 Å². The highest BCUT2D eigenvalue weighted by Crippen LogP contribution is 2.34. The fourth-order valence-corrected chi connectivity index (χ4v) is 6.69. The normalized spacial score (nSPS) is 20.1. The van der Waals surface area contributed by atoms with Crippen molar-refractivity contribution in [3.63, 3.8) is 0 Å². The molecule has 3 N–H and O–H groups in total. The Morgan fingerprint density at radius 1 is 0.889 bits per heavy atom. The van der Waals surface area contributed by atoms with Gasteiger partial charge in [0.05, 0.1) is 10.8 Å². The van der Waals surface area contributed by atoms with Gasteiger partial charge in [0.15, 0.2) is 0 Å². The zero-order chi connectivity index (χ0) is 25.1. The molecule has 36 heavy (non-hydrogen) atoms. The molecule has 3 aromatic rings. The lowest BCUT2D eigenvalue weighted by atomic mass is 9.87. The number of piperidine rings is 1. The third-order valence-corrected chi connectivity index (χ3v) is 8.92. The van der Waals surface area contributed by atoms with Crippen LogP contribution in [-0.2, 0) is 27.7 Å². The molecular weight excluding hydrogens is 470 g/mol. The largest absolute Gasteiger partial charge is 0.355 e. The summed E-state index contributed by atoms with van der Waals surface area (Å²) in [5, 5.41) is 6.44. The number of aryl methyl sites for hydroxylation is 3. The minimum absolute atomic E-state index is 0.0408. The molecule has 2 atom stereocenters. The SMILES string of the molecule is Cc1ccc(S(=O)(=O)N[C@@H]2CNC[C@@H](C(=O)NCC3c4ccccc4CCc4ccccc43)C2)cc1. The van der Waals surface area contributed by atoms with E-state index in [-0.39, 0.29) is 28.7 Å². The second-order valence-electron chi connectivity index (χ2n) is 9.92. The van der Waals surface area contributed by atoms with E-state index in [1.165, 1.54) is 22.3 Å². The lowest BCUT2D eigenvalue weighted by Gasteiger charge is -2.30. The maximum absolute atomic E-state index is 13.2. The van der Waals surface area contributed by atoms with Crippen LogP contribution in [0.4, 0.5) is 0 Å². The topological polar surface area (TPSA) is 87.3 Å². The molecule has 2 aliphatic rings. The lowest BCUT2D eigenvalue weighted by molar-refractivity contribution is -0.125. The smallest absolute Gasteiger partial charge is 0.240 e. The molecule has 6 nitrogen and oxygen atoms in total. The van der Waals surface area contributed by atoms with Gasteiger partial charge < -0.3 is 10.6 Å². The van der Waals surface area contributed by atoms with E-state index in [0.29, 0.717) is 26.1 Å². The number of rotatable bonds is 6. The van der Waals surface area contributed by atoms with E-state index in [1.54, 1.807) is 24.3 Å². The molecule has 5 rings (SSSR count). The fourth-order valence-electron chi connectivity index (χ4n) is 5.44. The maximum Gasteiger partial charge on any atom is 0.240 e. The zero-order valence-corrected chi connectivity index (χ0v) is 21.4. The molecule has 7 heteroatoms. The number of hydrogen-bond donors (Lipinski definition) is 3. The number of sulfonamides is 1. The molecule has 0 aromatic heterocycles. The number of nitrogens with one attached hydrogen (secondary N) is 3. The van der Waals surface area contributed by atoms with Gasteiger partial charge in [-0.3, -0.25) is 4.79 Å². The van der Waals surface area contributed by atoms with Crippen molar-refractivity contribution in [2.24, 2.45) is 5.92 Å². The van der Waals surface area contributed by atoms with Crippen LogP contribution in [0.15, 0.2) is 77.7 Å². The van der Waals surface area contributed by atoms with E-state index in [4.69, 9.17) is 0 Å². The molecule has 1 saturated heterocycles. The van der Waals surface area contributed by atoms with Crippen molar-refractivity contribution in [3.05, 3.63) is 101 Å². The summed E-state index contributed by atoms with van der Waals surface area (Å²) in [5.41, 5.74) is 6.21. The summed E-state index contributed by atoms with van der Waals surface area (Å²) in [4.78, 5) is 13.5. The molecule has 188 valence electrons. The first-order valence-corrected chi connectivity index (χ1v) is 14.1. The number of benzene rings is 3. The third kappa shape index (κ3) is 5.38. The summed E-state index contributed by atoms with van der Waals surface area (Å²) < 4.78 is 28.5. The second kappa shape index (κ2) is 10.5. The van der Waals surface area contributed by atoms with E-state index >= 15 is 0 Å². The summed E-state index contributed by atoms with van der Waals surface area (Å²) in [5.74, 6) is -0.252. The van der Waals surface area contributed by atoms with Crippen molar-refractivity contribution in [2.45, 2.75) is 43.0 Å². The van der Waals surface area contributed by atoms with Gasteiger partial charge in [-0.15, -0.1) is 0 Å². The Bertz CT molecular complexity index is 1290. The Balaban J connectivity index is 1.26. The van der Waals surface area contributed by atoms with Crippen molar-refractivity contribution >= 4 is 15.9 Å². The van der Waals surface area contributed by atoms with Crippen LogP contribution in [0.1, 0.15) is 40.2 Å². The molecule has 1 fully saturated rings. The Labute approximate surface area is 213 Å². The zero-order valence-electron chi connectivity index (χ0n) is 20.5. The molecule has 3 aromatic carbocycles. The summed E-state index contributed by atoms with van der Waals surface area (Å²) in [6, 6.07) is 23.5. The van der Waals surface area contributed by atoms with Gasteiger partial charge in [-0.05, 0) is 60.6 Å². The van der Waals surface area contributed by atoms with Gasteiger partial charge in [0.25, 0.3) is 0 Å². The summed E-state index contributed by atoms with van der Waals surface area (Å²) in [6.07, 6.45) is 2.45. The highest BCUT2D eigenvalue weighted by molar-refractivity contribution is 7.89. The van der Waals surface area contributed by atoms with Crippen LogP contribution in [-0.4, -0.2) is 40.0 Å². The summed E-state index contributed by atoms with van der Waals surface area (Å²) >= 11 is 0. The first-order valence-electron chi connectivity index (χ1n) is 12.6. The first kappa shape index (κ1) is 24.7. The number of carbonyl (C=O) groups is 1. The summed E-state index contributed by atoms with van der Waals surface area (Å²) in [7, 11) is -3.65. The number of fused-ring (bicyclic) bond motifs is 2. The lowest BCUT2D eigenvalue weighted by Crippen LogP contribution is -2.52. The second-order valence-corrected chi connectivity index (χ2v) is 11.6. The van der Waals surface area contributed by atoms with Crippen molar-refractivity contribution in [1.82, 2.24) is 15.4 Å². The molecule has 1 aliphatic carbocycles. The molecule has 0 spiro atoms. The van der Waals surface area contributed by atoms with Crippen LogP contribution < -0.4 is 15.4 Å². The fraction of sp³-hybridized carbons (Fsp3) is 0.345. The van der Waals surface area contributed by atoms with Gasteiger partial charge in [-0.1, -0.05) is 66.2 Å². The van der Waals surface area contributed by atoms with E-state index in [2.05, 4.69) is 63.9 Å². The molecule has 1 heterocycles. The van der Waals surface area contributed by atoms with Crippen molar-refractivity contribution < 1.29 is 13.2 Å². The predicted octanol–water partition coefficient (Wildman–Crippen LogP) is 3.30. The van der Waals surface area contributed by atoms with Gasteiger partial charge in [0.2, 0.25) is 15.9 Å². The van der Waals surface area contributed by atoms with Gasteiger partial charge in [-0.25, -0.2) is 13.1 Å². The van der Waals surface area contributed by atoms with Gasteiger partial charge in [0, 0.05) is 31.6 Å². The first-order chi connectivity index (χ1) is 17.4. The Hall–Kier alpha value is -3.00. The highest BCUT2D eigenvalue weighted by atomic mass is 32.2. The van der Waals surface area contributed by atoms with Gasteiger partial charge >= 0.3 is 0 Å². The molecule has 1 aliphatic heterocycles. The van der Waals surface area contributed by atoms with Crippen LogP contribution in [0.3, 0.4) is 0 Å². The average molecular weight is 504 g/mol. The predicted molar refractivity (Wildman–Crippen MR) is 141 cm³/mol. The average Bonchev–Trinajstić information content (AvgIpc) is 3.04. The highest BCUT2D eigenvalue weighted by Gasteiger charge is 2.31. The molecule has 0 radical (unpaired) electrons. The van der Waals surface area contributed by atoms with E-state index in [9.17, 15) is 13.2 Å². The van der Waals surface area contributed by atoms with Crippen LogP contribution >= 0.6 is 0 Å². The molecule has 0 bridgehead atoms. The van der Waals surface area contributed by atoms with E-state index in [0.717, 1.165) is 18.4 Å². The van der Waals surface area contributed by atoms with E-state index in [1.807, 2.05) is 6.92 Å². The third-order valence-electron chi connectivity index (χ3n) is 7.38. The standard InChI is InChI=1S/C29H33N3O3S/c1-20-10-14-25(15-11-20)36(34,35)32-24-16-23(17-30-18-24)29(33)31-19-28-26-8-4-2-6-21(26)12-13-22-7-3-5-9-27(22)28/h2-11,14-15,23-24,28,30,32H,12-13,16-19H2,1H3,(H,31,33)/t23-,24-/m0/s1. The van der Waals surface area contributed by atoms with Crippen molar-refractivity contribution in [3.8, 4) is 0 Å². The molecule has 0 unspecified atom stereocenters. The molecule has 1 amide bonds. The Kier molecular flexibility index (Phi) is 7.23. The number of amides is 1. The van der Waals surface area contributed by atoms with Gasteiger partial charge in [-0.2, -0.15) is 0 Å². The Morgan fingerprint density at radius 2 is 1.50 bits per heavy atom.